The van der Waals surface area contributed by atoms with Crippen molar-refractivity contribution in [2.75, 3.05) is 0 Å². The van der Waals surface area contributed by atoms with Crippen LogP contribution in [0.25, 0.3) is 22.9 Å². The van der Waals surface area contributed by atoms with Crippen LogP contribution in [-0.4, -0.2) is 30.3 Å². The van der Waals surface area contributed by atoms with Gasteiger partial charge in [-0.25, -0.2) is 9.97 Å². The first kappa shape index (κ1) is 11.3. The van der Waals surface area contributed by atoms with Gasteiger partial charge in [-0.15, -0.1) is 0 Å². The molecule has 0 radical (unpaired) electrons. The number of H-pyrrole nitrogens is 1. The third kappa shape index (κ3) is 2.15. The predicted molar refractivity (Wildman–Crippen MR) is 69.2 cm³/mol. The van der Waals surface area contributed by atoms with Crippen molar-refractivity contribution in [3.63, 3.8) is 0 Å². The van der Waals surface area contributed by atoms with E-state index in [0.717, 1.165) is 5.56 Å². The minimum Gasteiger partial charge on any atom is -0.507 e. The third-order valence-corrected chi connectivity index (χ3v) is 2.68. The minimum atomic E-state index is 0.160. The zero-order valence-electron chi connectivity index (χ0n) is 10.2. The molecule has 19 heavy (non-hydrogen) atoms. The largest absolute Gasteiger partial charge is 0.507 e. The summed E-state index contributed by atoms with van der Waals surface area (Å²) in [6.07, 6.45) is 4.75. The number of aromatic nitrogens is 5. The highest BCUT2D eigenvalue weighted by atomic mass is 16.3. The lowest BCUT2D eigenvalue weighted by atomic mass is 10.1. The summed E-state index contributed by atoms with van der Waals surface area (Å²) < 4.78 is 0. The van der Waals surface area contributed by atoms with Crippen LogP contribution in [0.4, 0.5) is 0 Å². The standard InChI is InChI=1S/C13H11N5O/c1-8-2-3-11(19)9(6-8)12-16-13(18-17-12)10-7-14-4-5-15-10/h2-7,19H,1H3,(H,16,17,18). The van der Waals surface area contributed by atoms with E-state index in [0.29, 0.717) is 22.9 Å². The highest BCUT2D eigenvalue weighted by molar-refractivity contribution is 5.66. The first-order valence-electron chi connectivity index (χ1n) is 5.73. The van der Waals surface area contributed by atoms with E-state index < -0.39 is 0 Å². The first-order chi connectivity index (χ1) is 9.24. The number of benzene rings is 1. The van der Waals surface area contributed by atoms with Gasteiger partial charge in [0.05, 0.1) is 11.8 Å². The molecule has 6 heteroatoms. The number of aromatic amines is 1. The van der Waals surface area contributed by atoms with Gasteiger partial charge in [-0.3, -0.25) is 10.1 Å². The van der Waals surface area contributed by atoms with Gasteiger partial charge in [-0.1, -0.05) is 11.6 Å². The Morgan fingerprint density at radius 1 is 1.21 bits per heavy atom. The molecule has 0 amide bonds. The van der Waals surface area contributed by atoms with E-state index in [4.69, 9.17) is 0 Å². The fourth-order valence-electron chi connectivity index (χ4n) is 1.75. The highest BCUT2D eigenvalue weighted by Crippen LogP contribution is 2.28. The summed E-state index contributed by atoms with van der Waals surface area (Å²) in [7, 11) is 0. The Bertz CT molecular complexity index is 708. The van der Waals surface area contributed by atoms with E-state index in [1.807, 2.05) is 19.1 Å². The van der Waals surface area contributed by atoms with Crippen molar-refractivity contribution in [1.29, 1.82) is 0 Å². The van der Waals surface area contributed by atoms with E-state index in [-0.39, 0.29) is 5.75 Å². The summed E-state index contributed by atoms with van der Waals surface area (Å²) in [5, 5.41) is 16.7. The third-order valence-electron chi connectivity index (χ3n) is 2.68. The zero-order chi connectivity index (χ0) is 13.2. The van der Waals surface area contributed by atoms with Gasteiger partial charge in [0.1, 0.15) is 11.4 Å². The normalized spacial score (nSPS) is 10.6. The maximum Gasteiger partial charge on any atom is 0.201 e. The second kappa shape index (κ2) is 4.49. The van der Waals surface area contributed by atoms with Crippen molar-refractivity contribution >= 4 is 0 Å². The maximum atomic E-state index is 9.85. The average molecular weight is 253 g/mol. The summed E-state index contributed by atoms with van der Waals surface area (Å²) >= 11 is 0. The van der Waals surface area contributed by atoms with Crippen LogP contribution in [0.5, 0.6) is 5.75 Å². The molecule has 1 aromatic carbocycles. The summed E-state index contributed by atoms with van der Waals surface area (Å²) in [5.74, 6) is 1.11. The van der Waals surface area contributed by atoms with Gasteiger partial charge in [-0.2, -0.15) is 5.10 Å². The molecule has 94 valence electrons. The van der Waals surface area contributed by atoms with Gasteiger partial charge in [0.15, 0.2) is 5.82 Å². The molecule has 0 atom stereocenters. The summed E-state index contributed by atoms with van der Waals surface area (Å²) in [6.45, 7) is 1.95. The van der Waals surface area contributed by atoms with Gasteiger partial charge in [0.25, 0.3) is 0 Å². The Kier molecular flexibility index (Phi) is 2.68. The van der Waals surface area contributed by atoms with Crippen LogP contribution in [0.15, 0.2) is 36.8 Å². The van der Waals surface area contributed by atoms with E-state index in [1.165, 1.54) is 0 Å². The molecule has 3 rings (SSSR count). The molecule has 0 unspecified atom stereocenters. The second-order valence-corrected chi connectivity index (χ2v) is 4.12. The van der Waals surface area contributed by atoms with E-state index in [1.54, 1.807) is 24.7 Å². The minimum absolute atomic E-state index is 0.160. The number of hydrogen-bond donors (Lipinski definition) is 2. The SMILES string of the molecule is Cc1ccc(O)c(-c2nc(-c3cnccn3)n[nH]2)c1. The number of nitrogens with zero attached hydrogens (tertiary/aromatic N) is 4. The van der Waals surface area contributed by atoms with Gasteiger partial charge in [0, 0.05) is 12.4 Å². The Hall–Kier alpha value is -2.76. The van der Waals surface area contributed by atoms with Gasteiger partial charge in [-0.05, 0) is 19.1 Å². The number of aromatic hydroxyl groups is 1. The second-order valence-electron chi connectivity index (χ2n) is 4.12. The fourth-order valence-corrected chi connectivity index (χ4v) is 1.75. The molecule has 0 fully saturated rings. The monoisotopic (exact) mass is 253 g/mol. The molecule has 2 aromatic heterocycles. The lowest BCUT2D eigenvalue weighted by Crippen LogP contribution is -1.86. The Labute approximate surface area is 109 Å². The number of aryl methyl sites for hydroxylation is 1. The Balaban J connectivity index is 2.04. The van der Waals surface area contributed by atoms with Crippen molar-refractivity contribution in [3.05, 3.63) is 42.4 Å². The van der Waals surface area contributed by atoms with Gasteiger partial charge in [0.2, 0.25) is 5.82 Å². The highest BCUT2D eigenvalue weighted by Gasteiger charge is 2.12. The molecule has 0 aliphatic carbocycles. The molecule has 2 heterocycles. The van der Waals surface area contributed by atoms with E-state index >= 15 is 0 Å². The average Bonchev–Trinajstić information content (AvgIpc) is 2.92. The smallest absolute Gasteiger partial charge is 0.201 e. The van der Waals surface area contributed by atoms with E-state index in [9.17, 15) is 5.11 Å². The summed E-state index contributed by atoms with van der Waals surface area (Å²) in [4.78, 5) is 12.4. The lowest BCUT2D eigenvalue weighted by Gasteiger charge is -2.01. The summed E-state index contributed by atoms with van der Waals surface area (Å²) in [5.41, 5.74) is 2.23. The molecule has 0 saturated carbocycles. The fraction of sp³-hybridized carbons (Fsp3) is 0.0769. The number of hydrogen-bond acceptors (Lipinski definition) is 5. The Morgan fingerprint density at radius 2 is 2.11 bits per heavy atom. The van der Waals surface area contributed by atoms with Crippen molar-refractivity contribution in [2.24, 2.45) is 0 Å². The molecular formula is C13H11N5O. The van der Waals surface area contributed by atoms with Crippen molar-refractivity contribution in [1.82, 2.24) is 25.1 Å². The van der Waals surface area contributed by atoms with E-state index in [2.05, 4.69) is 25.1 Å². The van der Waals surface area contributed by atoms with Gasteiger partial charge < -0.3 is 5.11 Å². The predicted octanol–water partition coefficient (Wildman–Crippen LogP) is 1.94. The quantitative estimate of drug-likeness (QED) is 0.728. The molecular weight excluding hydrogens is 242 g/mol. The molecule has 0 bridgehead atoms. The van der Waals surface area contributed by atoms with Crippen LogP contribution >= 0.6 is 0 Å². The molecule has 0 spiro atoms. The van der Waals surface area contributed by atoms with Crippen molar-refractivity contribution < 1.29 is 5.11 Å². The molecule has 0 aliphatic rings. The first-order valence-corrected chi connectivity index (χ1v) is 5.73. The van der Waals surface area contributed by atoms with Crippen LogP contribution in [-0.2, 0) is 0 Å². The zero-order valence-corrected chi connectivity index (χ0v) is 10.2. The van der Waals surface area contributed by atoms with Crippen LogP contribution in [0.2, 0.25) is 0 Å². The number of phenolic OH excluding ortho intramolecular Hbond substituents is 1. The van der Waals surface area contributed by atoms with Crippen LogP contribution in [0.1, 0.15) is 5.56 Å². The van der Waals surface area contributed by atoms with Crippen molar-refractivity contribution in [3.8, 4) is 28.7 Å². The van der Waals surface area contributed by atoms with Crippen LogP contribution in [0.3, 0.4) is 0 Å². The number of rotatable bonds is 2. The maximum absolute atomic E-state index is 9.85. The molecule has 2 N–H and O–H groups in total. The number of phenols is 1. The summed E-state index contributed by atoms with van der Waals surface area (Å²) in [6, 6.07) is 5.31. The molecule has 6 nitrogen and oxygen atoms in total. The van der Waals surface area contributed by atoms with Crippen molar-refractivity contribution in [2.45, 2.75) is 6.92 Å². The molecule has 0 aliphatic heterocycles. The topological polar surface area (TPSA) is 87.6 Å². The van der Waals surface area contributed by atoms with Crippen LogP contribution in [0, 0.1) is 6.92 Å². The molecule has 0 saturated heterocycles. The van der Waals surface area contributed by atoms with Crippen LogP contribution < -0.4 is 0 Å². The lowest BCUT2D eigenvalue weighted by molar-refractivity contribution is 0.477. The van der Waals surface area contributed by atoms with Gasteiger partial charge >= 0.3 is 0 Å². The number of nitrogens with one attached hydrogen (secondary N) is 1. The Morgan fingerprint density at radius 3 is 2.89 bits per heavy atom. The molecule has 3 aromatic rings.